The molecule has 7 heteroatoms. The minimum absolute atomic E-state index is 0.0887. The number of methoxy groups -OCH3 is 1. The van der Waals surface area contributed by atoms with Gasteiger partial charge in [-0.15, -0.1) is 0 Å². The highest BCUT2D eigenvalue weighted by Gasteiger charge is 2.25. The maximum atomic E-state index is 12.6. The van der Waals surface area contributed by atoms with Gasteiger partial charge < -0.3 is 14.8 Å². The number of hydrogen-bond donors (Lipinski definition) is 1. The Balaban J connectivity index is 2.46. The normalized spacial score (nSPS) is 10.2. The van der Waals surface area contributed by atoms with E-state index in [-0.39, 0.29) is 22.7 Å². The van der Waals surface area contributed by atoms with Crippen LogP contribution in [-0.2, 0) is 0 Å². The molecular formula is C18H20N2O5. The van der Waals surface area contributed by atoms with Crippen LogP contribution in [0.25, 0.3) is 0 Å². The van der Waals surface area contributed by atoms with Crippen LogP contribution in [0.1, 0.15) is 28.4 Å². The molecule has 0 aromatic heterocycles. The molecule has 0 spiro atoms. The fourth-order valence-corrected chi connectivity index (χ4v) is 2.45. The van der Waals surface area contributed by atoms with Crippen molar-refractivity contribution in [2.24, 2.45) is 0 Å². The predicted molar refractivity (Wildman–Crippen MR) is 94.7 cm³/mol. The standard InChI is InChI=1S/C18H20N2O5/c1-5-25-17-9-13(15(20(22)23)10-16(17)24-4)18(21)19-14-7-6-11(2)8-12(14)3/h6-10H,5H2,1-4H3,(H,19,21). The van der Waals surface area contributed by atoms with Gasteiger partial charge in [-0.25, -0.2) is 0 Å². The topological polar surface area (TPSA) is 90.7 Å². The number of nitro benzene ring substituents is 1. The van der Waals surface area contributed by atoms with Gasteiger partial charge in [0.15, 0.2) is 11.5 Å². The highest BCUT2D eigenvalue weighted by Crippen LogP contribution is 2.35. The molecule has 2 rings (SSSR count). The van der Waals surface area contributed by atoms with Gasteiger partial charge in [0, 0.05) is 11.8 Å². The molecule has 0 atom stereocenters. The van der Waals surface area contributed by atoms with E-state index in [0.29, 0.717) is 12.3 Å². The van der Waals surface area contributed by atoms with Crippen LogP contribution < -0.4 is 14.8 Å². The molecule has 132 valence electrons. The van der Waals surface area contributed by atoms with Gasteiger partial charge in [0.25, 0.3) is 11.6 Å². The van der Waals surface area contributed by atoms with E-state index in [1.165, 1.54) is 19.2 Å². The van der Waals surface area contributed by atoms with Crippen LogP contribution in [0.15, 0.2) is 30.3 Å². The van der Waals surface area contributed by atoms with Crippen molar-refractivity contribution in [2.75, 3.05) is 19.0 Å². The molecule has 0 aliphatic heterocycles. The molecule has 0 aliphatic rings. The van der Waals surface area contributed by atoms with Crippen molar-refractivity contribution in [1.82, 2.24) is 0 Å². The summed E-state index contributed by atoms with van der Waals surface area (Å²) in [5.74, 6) is -0.0970. The second-order valence-corrected chi connectivity index (χ2v) is 5.48. The molecule has 0 aliphatic carbocycles. The third kappa shape index (κ3) is 4.06. The number of rotatable bonds is 6. The molecule has 2 aromatic rings. The average molecular weight is 344 g/mol. The summed E-state index contributed by atoms with van der Waals surface area (Å²) in [5.41, 5.74) is 2.09. The van der Waals surface area contributed by atoms with E-state index in [9.17, 15) is 14.9 Å². The number of aryl methyl sites for hydroxylation is 2. The van der Waals surface area contributed by atoms with Crippen molar-refractivity contribution in [2.45, 2.75) is 20.8 Å². The van der Waals surface area contributed by atoms with Gasteiger partial charge in [-0.1, -0.05) is 17.7 Å². The van der Waals surface area contributed by atoms with E-state index < -0.39 is 10.8 Å². The Bertz CT molecular complexity index is 817. The van der Waals surface area contributed by atoms with Crippen LogP contribution >= 0.6 is 0 Å². The zero-order chi connectivity index (χ0) is 18.6. The van der Waals surface area contributed by atoms with Crippen LogP contribution in [0.2, 0.25) is 0 Å². The number of ether oxygens (including phenoxy) is 2. The largest absolute Gasteiger partial charge is 0.493 e. The number of anilines is 1. The second kappa shape index (κ2) is 7.65. The minimum atomic E-state index is -0.616. The zero-order valence-corrected chi connectivity index (χ0v) is 14.6. The fraction of sp³-hybridized carbons (Fsp3) is 0.278. The van der Waals surface area contributed by atoms with E-state index in [1.54, 1.807) is 13.0 Å². The van der Waals surface area contributed by atoms with Crippen molar-refractivity contribution < 1.29 is 19.2 Å². The lowest BCUT2D eigenvalue weighted by Gasteiger charge is -2.13. The smallest absolute Gasteiger partial charge is 0.286 e. The lowest BCUT2D eigenvalue weighted by atomic mass is 10.1. The van der Waals surface area contributed by atoms with Gasteiger partial charge in [-0.05, 0) is 32.4 Å². The van der Waals surface area contributed by atoms with Gasteiger partial charge in [0.2, 0.25) is 0 Å². The summed E-state index contributed by atoms with van der Waals surface area (Å²) in [4.78, 5) is 23.4. The third-order valence-corrected chi connectivity index (χ3v) is 3.65. The van der Waals surface area contributed by atoms with E-state index in [1.807, 2.05) is 26.0 Å². The fourth-order valence-electron chi connectivity index (χ4n) is 2.45. The van der Waals surface area contributed by atoms with Gasteiger partial charge >= 0.3 is 0 Å². The van der Waals surface area contributed by atoms with Crippen molar-refractivity contribution in [3.8, 4) is 11.5 Å². The Hall–Kier alpha value is -3.09. The number of nitrogens with one attached hydrogen (secondary N) is 1. The molecule has 25 heavy (non-hydrogen) atoms. The maximum Gasteiger partial charge on any atom is 0.286 e. The van der Waals surface area contributed by atoms with Crippen molar-refractivity contribution in [3.63, 3.8) is 0 Å². The van der Waals surface area contributed by atoms with Crippen molar-refractivity contribution >= 4 is 17.3 Å². The molecule has 0 bridgehead atoms. The molecule has 7 nitrogen and oxygen atoms in total. The van der Waals surface area contributed by atoms with E-state index in [2.05, 4.69) is 5.32 Å². The Morgan fingerprint density at radius 2 is 1.92 bits per heavy atom. The summed E-state index contributed by atoms with van der Waals surface area (Å²) in [5, 5.41) is 14.1. The van der Waals surface area contributed by atoms with Crippen LogP contribution in [0.5, 0.6) is 11.5 Å². The predicted octanol–water partition coefficient (Wildman–Crippen LogP) is 3.87. The van der Waals surface area contributed by atoms with E-state index in [4.69, 9.17) is 9.47 Å². The van der Waals surface area contributed by atoms with Crippen LogP contribution in [0.4, 0.5) is 11.4 Å². The molecule has 0 saturated carbocycles. The monoisotopic (exact) mass is 344 g/mol. The second-order valence-electron chi connectivity index (χ2n) is 5.48. The highest BCUT2D eigenvalue weighted by molar-refractivity contribution is 6.08. The van der Waals surface area contributed by atoms with Crippen molar-refractivity contribution in [3.05, 3.63) is 57.1 Å². The third-order valence-electron chi connectivity index (χ3n) is 3.65. The first-order valence-electron chi connectivity index (χ1n) is 7.75. The number of amides is 1. The highest BCUT2D eigenvalue weighted by atomic mass is 16.6. The number of carbonyl (C=O) groups is 1. The summed E-state index contributed by atoms with van der Waals surface area (Å²) >= 11 is 0. The molecule has 0 radical (unpaired) electrons. The molecule has 1 amide bonds. The summed E-state index contributed by atoms with van der Waals surface area (Å²) in [6, 6.07) is 8.07. The van der Waals surface area contributed by atoms with Crippen LogP contribution in [0, 0.1) is 24.0 Å². The van der Waals surface area contributed by atoms with E-state index in [0.717, 1.165) is 11.1 Å². The van der Waals surface area contributed by atoms with Gasteiger partial charge in [-0.3, -0.25) is 14.9 Å². The quantitative estimate of drug-likeness (QED) is 0.634. The molecule has 1 N–H and O–H groups in total. The number of nitro groups is 1. The first kappa shape index (κ1) is 18.3. The molecule has 0 heterocycles. The maximum absolute atomic E-state index is 12.6. The Kier molecular flexibility index (Phi) is 5.59. The molecule has 2 aromatic carbocycles. The lowest BCUT2D eigenvalue weighted by Crippen LogP contribution is -2.15. The summed E-state index contributed by atoms with van der Waals surface area (Å²) in [7, 11) is 1.39. The minimum Gasteiger partial charge on any atom is -0.493 e. The number of nitrogens with zero attached hydrogens (tertiary/aromatic N) is 1. The molecule has 0 unspecified atom stereocenters. The lowest BCUT2D eigenvalue weighted by molar-refractivity contribution is -0.385. The number of benzene rings is 2. The SMILES string of the molecule is CCOc1cc(C(=O)Nc2ccc(C)cc2C)c([N+](=O)[O-])cc1OC. The Morgan fingerprint density at radius 1 is 1.20 bits per heavy atom. The summed E-state index contributed by atoms with van der Waals surface area (Å²) in [6.07, 6.45) is 0. The van der Waals surface area contributed by atoms with Gasteiger partial charge in [0.05, 0.1) is 24.7 Å². The number of carbonyl (C=O) groups excluding carboxylic acids is 1. The first-order valence-corrected chi connectivity index (χ1v) is 7.75. The molecule has 0 fully saturated rings. The van der Waals surface area contributed by atoms with E-state index >= 15 is 0 Å². The first-order chi connectivity index (χ1) is 11.9. The van der Waals surface area contributed by atoms with Gasteiger partial charge in [0.1, 0.15) is 5.56 Å². The molecule has 0 saturated heterocycles. The summed E-state index contributed by atoms with van der Waals surface area (Å²) < 4.78 is 10.5. The molecular weight excluding hydrogens is 324 g/mol. The van der Waals surface area contributed by atoms with Gasteiger partial charge in [-0.2, -0.15) is 0 Å². The number of hydrogen-bond acceptors (Lipinski definition) is 5. The van der Waals surface area contributed by atoms with Crippen LogP contribution in [-0.4, -0.2) is 24.5 Å². The summed E-state index contributed by atoms with van der Waals surface area (Å²) in [6.45, 7) is 5.92. The van der Waals surface area contributed by atoms with Crippen molar-refractivity contribution in [1.29, 1.82) is 0 Å². The Labute approximate surface area is 145 Å². The Morgan fingerprint density at radius 3 is 2.48 bits per heavy atom. The van der Waals surface area contributed by atoms with Crippen LogP contribution in [0.3, 0.4) is 0 Å². The zero-order valence-electron chi connectivity index (χ0n) is 14.6. The average Bonchev–Trinajstić information content (AvgIpc) is 2.57.